The molecule has 0 spiro atoms. The van der Waals surface area contributed by atoms with Gasteiger partial charge in [0.2, 0.25) is 5.91 Å². The summed E-state index contributed by atoms with van der Waals surface area (Å²) in [6.07, 6.45) is 2.50. The van der Waals surface area contributed by atoms with Crippen molar-refractivity contribution in [2.24, 2.45) is 0 Å². The van der Waals surface area contributed by atoms with Gasteiger partial charge in [0.05, 0.1) is 25.5 Å². The minimum absolute atomic E-state index is 0.165. The highest BCUT2D eigenvalue weighted by Crippen LogP contribution is 2.28. The Labute approximate surface area is 199 Å². The van der Waals surface area contributed by atoms with Crippen LogP contribution in [0.2, 0.25) is 0 Å². The molecule has 2 aliphatic rings. The Balaban J connectivity index is 1.37. The predicted molar refractivity (Wildman–Crippen MR) is 128 cm³/mol. The van der Waals surface area contributed by atoms with Crippen LogP contribution in [-0.2, 0) is 35.3 Å². The predicted octanol–water partition coefficient (Wildman–Crippen LogP) is 3.56. The van der Waals surface area contributed by atoms with E-state index in [0.29, 0.717) is 45.6 Å². The van der Waals surface area contributed by atoms with E-state index >= 15 is 0 Å². The lowest BCUT2D eigenvalue weighted by Crippen LogP contribution is -2.41. The lowest BCUT2D eigenvalue weighted by atomic mass is 10.0. The number of aryl methyl sites for hydroxylation is 1. The second-order valence-electron chi connectivity index (χ2n) is 8.84. The number of rotatable bonds is 6. The number of carbonyl (C=O) groups excluding carboxylic acids is 1. The first-order chi connectivity index (χ1) is 16.7. The van der Waals surface area contributed by atoms with E-state index in [0.717, 1.165) is 48.0 Å². The average molecular weight is 461 g/mol. The van der Waals surface area contributed by atoms with Crippen LogP contribution in [0.1, 0.15) is 34.6 Å². The first kappa shape index (κ1) is 22.5. The summed E-state index contributed by atoms with van der Waals surface area (Å²) in [6, 6.07) is 16.6. The molecule has 1 aromatic heterocycles. The molecule has 0 atom stereocenters. The van der Waals surface area contributed by atoms with E-state index in [1.54, 1.807) is 12.1 Å². The SMILES string of the molecule is O=C(CCc1ccccc1)N1CCc2nc(Cc3ccc(F)cc3)nc(N3CCOCC3)c2C1. The first-order valence-corrected chi connectivity index (χ1v) is 11.9. The molecular weight excluding hydrogens is 431 g/mol. The molecule has 0 radical (unpaired) electrons. The lowest BCUT2D eigenvalue weighted by Gasteiger charge is -2.34. The Hall–Kier alpha value is -3.32. The number of ether oxygens (including phenoxy) is 1. The Bertz CT molecular complexity index is 1130. The number of hydrogen-bond acceptors (Lipinski definition) is 5. The van der Waals surface area contributed by atoms with Crippen molar-refractivity contribution < 1.29 is 13.9 Å². The van der Waals surface area contributed by atoms with Gasteiger partial charge < -0.3 is 14.5 Å². The zero-order valence-corrected chi connectivity index (χ0v) is 19.3. The van der Waals surface area contributed by atoms with Crippen molar-refractivity contribution in [1.82, 2.24) is 14.9 Å². The molecule has 1 fully saturated rings. The summed E-state index contributed by atoms with van der Waals surface area (Å²) in [5, 5.41) is 0. The fraction of sp³-hybridized carbons (Fsp3) is 0.370. The largest absolute Gasteiger partial charge is 0.378 e. The van der Waals surface area contributed by atoms with Gasteiger partial charge in [0.15, 0.2) is 0 Å². The Kier molecular flexibility index (Phi) is 6.81. The van der Waals surface area contributed by atoms with Gasteiger partial charge in [0.1, 0.15) is 17.5 Å². The van der Waals surface area contributed by atoms with Crippen molar-refractivity contribution >= 4 is 11.7 Å². The number of aromatic nitrogens is 2. The minimum atomic E-state index is -0.249. The van der Waals surface area contributed by atoms with Crippen molar-refractivity contribution in [1.29, 1.82) is 0 Å². The van der Waals surface area contributed by atoms with Crippen LogP contribution in [0, 0.1) is 5.82 Å². The van der Waals surface area contributed by atoms with Crippen LogP contribution >= 0.6 is 0 Å². The molecule has 1 saturated heterocycles. The van der Waals surface area contributed by atoms with E-state index in [1.807, 2.05) is 23.1 Å². The number of morpholine rings is 1. The van der Waals surface area contributed by atoms with E-state index in [1.165, 1.54) is 17.7 Å². The topological polar surface area (TPSA) is 58.6 Å². The Morgan fingerprint density at radius 1 is 0.941 bits per heavy atom. The van der Waals surface area contributed by atoms with E-state index < -0.39 is 0 Å². The molecule has 2 aromatic carbocycles. The summed E-state index contributed by atoms with van der Waals surface area (Å²) in [5.74, 6) is 1.56. The summed E-state index contributed by atoms with van der Waals surface area (Å²) in [7, 11) is 0. The van der Waals surface area contributed by atoms with Crippen LogP contribution in [0.15, 0.2) is 54.6 Å². The number of fused-ring (bicyclic) bond motifs is 1. The van der Waals surface area contributed by atoms with Crippen LogP contribution < -0.4 is 4.90 Å². The smallest absolute Gasteiger partial charge is 0.223 e. The number of anilines is 1. The van der Waals surface area contributed by atoms with Crippen molar-refractivity contribution in [2.75, 3.05) is 37.7 Å². The van der Waals surface area contributed by atoms with Gasteiger partial charge in [-0.25, -0.2) is 14.4 Å². The zero-order chi connectivity index (χ0) is 23.3. The highest BCUT2D eigenvalue weighted by Gasteiger charge is 2.28. The molecule has 176 valence electrons. The summed E-state index contributed by atoms with van der Waals surface area (Å²) in [6.45, 7) is 4.04. The highest BCUT2D eigenvalue weighted by molar-refractivity contribution is 5.77. The summed E-state index contributed by atoms with van der Waals surface area (Å²) in [5.41, 5.74) is 4.21. The molecule has 5 rings (SSSR count). The van der Waals surface area contributed by atoms with Crippen LogP contribution in [0.4, 0.5) is 10.2 Å². The molecule has 7 heteroatoms. The monoisotopic (exact) mass is 460 g/mol. The van der Waals surface area contributed by atoms with E-state index in [2.05, 4.69) is 17.0 Å². The van der Waals surface area contributed by atoms with Gasteiger partial charge in [-0.1, -0.05) is 42.5 Å². The van der Waals surface area contributed by atoms with Crippen molar-refractivity contribution in [2.45, 2.75) is 32.2 Å². The number of benzene rings is 2. The van der Waals surface area contributed by atoms with Gasteiger partial charge in [-0.15, -0.1) is 0 Å². The molecule has 0 bridgehead atoms. The van der Waals surface area contributed by atoms with Crippen LogP contribution in [0.5, 0.6) is 0 Å². The second kappa shape index (κ2) is 10.3. The van der Waals surface area contributed by atoms with Gasteiger partial charge in [0.25, 0.3) is 0 Å². The van der Waals surface area contributed by atoms with Gasteiger partial charge >= 0.3 is 0 Å². The Morgan fingerprint density at radius 3 is 2.47 bits per heavy atom. The molecule has 0 N–H and O–H groups in total. The average Bonchev–Trinajstić information content (AvgIpc) is 2.89. The standard InChI is InChI=1S/C27H29FN4O2/c28-22-9-6-21(7-10-22)18-25-29-24-12-13-32(26(33)11-8-20-4-2-1-3-5-20)19-23(24)27(30-25)31-14-16-34-17-15-31/h1-7,9-10H,8,11-19H2. The first-order valence-electron chi connectivity index (χ1n) is 11.9. The number of hydrogen-bond donors (Lipinski definition) is 0. The van der Waals surface area contributed by atoms with Crippen molar-refractivity contribution in [3.63, 3.8) is 0 Å². The fourth-order valence-corrected chi connectivity index (χ4v) is 4.61. The molecule has 3 aromatic rings. The van der Waals surface area contributed by atoms with Crippen molar-refractivity contribution in [3.05, 3.63) is 88.6 Å². The van der Waals surface area contributed by atoms with Crippen molar-refractivity contribution in [3.8, 4) is 0 Å². The molecular formula is C27H29FN4O2. The van der Waals surface area contributed by atoms with Crippen LogP contribution in [-0.4, -0.2) is 53.6 Å². The highest BCUT2D eigenvalue weighted by atomic mass is 19.1. The molecule has 1 amide bonds. The third-order valence-corrected chi connectivity index (χ3v) is 6.49. The number of nitrogens with zero attached hydrogens (tertiary/aromatic N) is 4. The zero-order valence-electron chi connectivity index (χ0n) is 19.3. The van der Waals surface area contributed by atoms with Crippen LogP contribution in [0.3, 0.4) is 0 Å². The van der Waals surface area contributed by atoms with Gasteiger partial charge in [0, 0.05) is 44.5 Å². The maximum Gasteiger partial charge on any atom is 0.223 e. The summed E-state index contributed by atoms with van der Waals surface area (Å²) >= 11 is 0. The molecule has 6 nitrogen and oxygen atoms in total. The lowest BCUT2D eigenvalue weighted by molar-refractivity contribution is -0.132. The van der Waals surface area contributed by atoms with E-state index in [-0.39, 0.29) is 11.7 Å². The third-order valence-electron chi connectivity index (χ3n) is 6.49. The molecule has 3 heterocycles. The molecule has 0 aliphatic carbocycles. The van der Waals surface area contributed by atoms with E-state index in [4.69, 9.17) is 14.7 Å². The van der Waals surface area contributed by atoms with Gasteiger partial charge in [-0.05, 0) is 29.7 Å². The molecule has 0 saturated carbocycles. The number of halogens is 1. The van der Waals surface area contributed by atoms with Gasteiger partial charge in [-0.3, -0.25) is 4.79 Å². The fourth-order valence-electron chi connectivity index (χ4n) is 4.61. The number of amides is 1. The molecule has 0 unspecified atom stereocenters. The van der Waals surface area contributed by atoms with Gasteiger partial charge in [-0.2, -0.15) is 0 Å². The molecule has 2 aliphatic heterocycles. The van der Waals surface area contributed by atoms with Crippen LogP contribution in [0.25, 0.3) is 0 Å². The minimum Gasteiger partial charge on any atom is -0.378 e. The molecule has 34 heavy (non-hydrogen) atoms. The maximum atomic E-state index is 13.3. The maximum absolute atomic E-state index is 13.3. The quantitative estimate of drug-likeness (QED) is 0.563. The Morgan fingerprint density at radius 2 is 1.71 bits per heavy atom. The third kappa shape index (κ3) is 5.25. The second-order valence-corrected chi connectivity index (χ2v) is 8.84. The summed E-state index contributed by atoms with van der Waals surface area (Å²) < 4.78 is 18.9. The summed E-state index contributed by atoms with van der Waals surface area (Å²) in [4.78, 5) is 27.0. The normalized spacial score (nSPS) is 15.8. The van der Waals surface area contributed by atoms with E-state index in [9.17, 15) is 9.18 Å². The number of carbonyl (C=O) groups is 1.